The van der Waals surface area contributed by atoms with Crippen LogP contribution >= 0.6 is 0 Å². The van der Waals surface area contributed by atoms with E-state index in [1.165, 1.54) is 0 Å². The van der Waals surface area contributed by atoms with Crippen molar-refractivity contribution >= 4 is 5.78 Å². The molecule has 1 aliphatic heterocycles. The second kappa shape index (κ2) is 6.68. The fourth-order valence-corrected chi connectivity index (χ4v) is 2.34. The average molecular weight is 262 g/mol. The number of piperazine rings is 1. The monoisotopic (exact) mass is 262 g/mol. The van der Waals surface area contributed by atoms with Crippen molar-refractivity contribution < 1.29 is 9.53 Å². The Morgan fingerprint density at radius 2 is 1.89 bits per heavy atom. The molecule has 2 rings (SSSR count). The summed E-state index contributed by atoms with van der Waals surface area (Å²) in [6.07, 6.45) is 0.560. The van der Waals surface area contributed by atoms with Gasteiger partial charge in [0.05, 0.1) is 12.7 Å². The molecule has 4 nitrogen and oxygen atoms in total. The zero-order chi connectivity index (χ0) is 13.7. The molecule has 0 N–H and O–H groups in total. The van der Waals surface area contributed by atoms with Crippen LogP contribution in [0, 0.1) is 0 Å². The first-order valence-electron chi connectivity index (χ1n) is 6.78. The molecule has 0 aromatic heterocycles. The van der Waals surface area contributed by atoms with Crippen molar-refractivity contribution in [2.45, 2.75) is 6.42 Å². The Morgan fingerprint density at radius 3 is 2.58 bits per heavy atom. The van der Waals surface area contributed by atoms with Crippen LogP contribution in [0.15, 0.2) is 24.3 Å². The topological polar surface area (TPSA) is 32.8 Å². The minimum Gasteiger partial charge on any atom is -0.496 e. The molecule has 104 valence electrons. The lowest BCUT2D eigenvalue weighted by atomic mass is 10.1. The van der Waals surface area contributed by atoms with Gasteiger partial charge in [-0.15, -0.1) is 0 Å². The lowest BCUT2D eigenvalue weighted by Gasteiger charge is -2.32. The lowest BCUT2D eigenvalue weighted by molar-refractivity contribution is 0.0939. The van der Waals surface area contributed by atoms with Crippen molar-refractivity contribution in [2.24, 2.45) is 0 Å². The normalized spacial score (nSPS) is 17.4. The van der Waals surface area contributed by atoms with E-state index in [9.17, 15) is 4.79 Å². The highest BCUT2D eigenvalue weighted by Gasteiger charge is 2.16. The molecule has 1 aromatic carbocycles. The summed E-state index contributed by atoms with van der Waals surface area (Å²) in [5.41, 5.74) is 0.694. The number of rotatable bonds is 5. The molecule has 0 aliphatic carbocycles. The Bertz CT molecular complexity index is 426. The number of hydrogen-bond acceptors (Lipinski definition) is 4. The van der Waals surface area contributed by atoms with Gasteiger partial charge in [-0.25, -0.2) is 0 Å². The van der Waals surface area contributed by atoms with E-state index in [0.717, 1.165) is 32.7 Å². The van der Waals surface area contributed by atoms with Crippen molar-refractivity contribution in [2.75, 3.05) is 46.9 Å². The fraction of sp³-hybridized carbons (Fsp3) is 0.533. The first kappa shape index (κ1) is 14.0. The van der Waals surface area contributed by atoms with Crippen molar-refractivity contribution in [3.63, 3.8) is 0 Å². The number of methoxy groups -OCH3 is 1. The van der Waals surface area contributed by atoms with Crippen LogP contribution < -0.4 is 4.74 Å². The summed E-state index contributed by atoms with van der Waals surface area (Å²) in [7, 11) is 3.74. The molecule has 0 unspecified atom stereocenters. The summed E-state index contributed by atoms with van der Waals surface area (Å²) in [4.78, 5) is 16.9. The number of Topliss-reactive ketones (excluding diaryl/α,β-unsaturated/α-hetero) is 1. The predicted molar refractivity (Wildman–Crippen MR) is 75.9 cm³/mol. The van der Waals surface area contributed by atoms with Gasteiger partial charge in [0.1, 0.15) is 5.75 Å². The minimum absolute atomic E-state index is 0.163. The highest BCUT2D eigenvalue weighted by molar-refractivity contribution is 5.98. The summed E-state index contributed by atoms with van der Waals surface area (Å²) in [6, 6.07) is 7.44. The first-order valence-corrected chi connectivity index (χ1v) is 6.78. The third-order valence-electron chi connectivity index (χ3n) is 3.66. The van der Waals surface area contributed by atoms with E-state index in [-0.39, 0.29) is 5.78 Å². The van der Waals surface area contributed by atoms with Gasteiger partial charge in [0.25, 0.3) is 0 Å². The molecular weight excluding hydrogens is 240 g/mol. The van der Waals surface area contributed by atoms with Crippen LogP contribution in [0.2, 0.25) is 0 Å². The number of ketones is 1. The number of para-hydroxylation sites is 1. The van der Waals surface area contributed by atoms with Crippen LogP contribution in [0.5, 0.6) is 5.75 Å². The minimum atomic E-state index is 0.163. The van der Waals surface area contributed by atoms with Crippen molar-refractivity contribution in [3.8, 4) is 5.75 Å². The van der Waals surface area contributed by atoms with E-state index in [1.807, 2.05) is 24.3 Å². The quantitative estimate of drug-likeness (QED) is 0.753. The van der Waals surface area contributed by atoms with Gasteiger partial charge >= 0.3 is 0 Å². The largest absolute Gasteiger partial charge is 0.496 e. The van der Waals surface area contributed by atoms with Crippen LogP contribution in [0.3, 0.4) is 0 Å². The Hall–Kier alpha value is -1.39. The summed E-state index contributed by atoms with van der Waals surface area (Å²) < 4.78 is 5.23. The van der Waals surface area contributed by atoms with Crippen LogP contribution in [0.4, 0.5) is 0 Å². The van der Waals surface area contributed by atoms with Gasteiger partial charge in [-0.1, -0.05) is 12.1 Å². The van der Waals surface area contributed by atoms with Crippen molar-refractivity contribution in [3.05, 3.63) is 29.8 Å². The smallest absolute Gasteiger partial charge is 0.167 e. The molecule has 0 spiro atoms. The molecule has 0 radical (unpaired) electrons. The standard InChI is InChI=1S/C15H22N2O2/c1-16-9-11-17(12-10-16)8-7-14(18)13-5-3-4-6-15(13)19-2/h3-6H,7-12H2,1-2H3. The Labute approximate surface area is 115 Å². The number of carbonyl (C=O) groups is 1. The number of benzene rings is 1. The van der Waals surface area contributed by atoms with Gasteiger partial charge in [0, 0.05) is 39.1 Å². The number of hydrogen-bond donors (Lipinski definition) is 0. The number of carbonyl (C=O) groups excluding carboxylic acids is 1. The average Bonchev–Trinajstić information content (AvgIpc) is 2.46. The second-order valence-corrected chi connectivity index (χ2v) is 5.02. The van der Waals surface area contributed by atoms with Gasteiger partial charge in [0.2, 0.25) is 0 Å². The van der Waals surface area contributed by atoms with E-state index < -0.39 is 0 Å². The maximum atomic E-state index is 12.2. The molecule has 1 fully saturated rings. The second-order valence-electron chi connectivity index (χ2n) is 5.02. The summed E-state index contributed by atoms with van der Waals surface area (Å²) >= 11 is 0. The first-order chi connectivity index (χ1) is 9.20. The fourth-order valence-electron chi connectivity index (χ4n) is 2.34. The number of nitrogens with zero attached hydrogens (tertiary/aromatic N) is 2. The Morgan fingerprint density at radius 1 is 1.21 bits per heavy atom. The molecule has 1 saturated heterocycles. The third kappa shape index (κ3) is 3.78. The molecule has 0 saturated carbocycles. The maximum Gasteiger partial charge on any atom is 0.167 e. The van der Waals surface area contributed by atoms with Gasteiger partial charge in [-0.3, -0.25) is 4.79 Å². The molecule has 1 aromatic rings. The summed E-state index contributed by atoms with van der Waals surface area (Å²) in [5, 5.41) is 0. The Balaban J connectivity index is 1.87. The molecular formula is C15H22N2O2. The number of likely N-dealkylation sites (N-methyl/N-ethyl adjacent to an activating group) is 1. The zero-order valence-electron chi connectivity index (χ0n) is 11.8. The van der Waals surface area contributed by atoms with E-state index in [2.05, 4.69) is 16.8 Å². The zero-order valence-corrected chi connectivity index (χ0v) is 11.8. The van der Waals surface area contributed by atoms with Gasteiger partial charge in [-0.05, 0) is 19.2 Å². The van der Waals surface area contributed by atoms with Crippen molar-refractivity contribution in [1.29, 1.82) is 0 Å². The van der Waals surface area contributed by atoms with E-state index >= 15 is 0 Å². The van der Waals surface area contributed by atoms with E-state index in [4.69, 9.17) is 4.74 Å². The van der Waals surface area contributed by atoms with Crippen LogP contribution in [-0.4, -0.2) is 62.5 Å². The molecule has 0 amide bonds. The van der Waals surface area contributed by atoms with Crippen molar-refractivity contribution in [1.82, 2.24) is 9.80 Å². The van der Waals surface area contributed by atoms with E-state index in [0.29, 0.717) is 17.7 Å². The molecule has 1 aliphatic rings. The van der Waals surface area contributed by atoms with Crippen LogP contribution in [-0.2, 0) is 0 Å². The predicted octanol–water partition coefficient (Wildman–Crippen LogP) is 1.52. The van der Waals surface area contributed by atoms with Gasteiger partial charge in [0.15, 0.2) is 5.78 Å². The third-order valence-corrected chi connectivity index (χ3v) is 3.66. The summed E-state index contributed by atoms with van der Waals surface area (Å²) in [6.45, 7) is 5.11. The summed E-state index contributed by atoms with van der Waals surface area (Å²) in [5.74, 6) is 0.835. The number of ether oxygens (including phenoxy) is 1. The highest BCUT2D eigenvalue weighted by Crippen LogP contribution is 2.19. The molecule has 19 heavy (non-hydrogen) atoms. The molecule has 1 heterocycles. The lowest BCUT2D eigenvalue weighted by Crippen LogP contribution is -2.45. The SMILES string of the molecule is COc1ccccc1C(=O)CCN1CCN(C)CC1. The molecule has 0 atom stereocenters. The highest BCUT2D eigenvalue weighted by atomic mass is 16.5. The Kier molecular flexibility index (Phi) is 4.93. The van der Waals surface area contributed by atoms with Crippen LogP contribution in [0.25, 0.3) is 0 Å². The maximum absolute atomic E-state index is 12.2. The molecule has 0 bridgehead atoms. The van der Waals surface area contributed by atoms with Gasteiger partial charge < -0.3 is 14.5 Å². The van der Waals surface area contributed by atoms with Gasteiger partial charge in [-0.2, -0.15) is 0 Å². The molecule has 4 heteroatoms. The van der Waals surface area contributed by atoms with Crippen LogP contribution in [0.1, 0.15) is 16.8 Å². The van der Waals surface area contributed by atoms with E-state index in [1.54, 1.807) is 7.11 Å².